The van der Waals surface area contributed by atoms with Crippen molar-refractivity contribution in [1.82, 2.24) is 24.9 Å². The molecule has 1 saturated heterocycles. The van der Waals surface area contributed by atoms with Crippen LogP contribution in [0.1, 0.15) is 10.8 Å². The first kappa shape index (κ1) is 23.2. The number of aromatic nitrogens is 3. The van der Waals surface area contributed by atoms with Gasteiger partial charge in [0, 0.05) is 43.3 Å². The summed E-state index contributed by atoms with van der Waals surface area (Å²) in [6, 6.07) is 13.2. The van der Waals surface area contributed by atoms with Crippen molar-refractivity contribution in [2.24, 2.45) is 0 Å². The van der Waals surface area contributed by atoms with Gasteiger partial charge in [-0.25, -0.2) is 4.98 Å². The van der Waals surface area contributed by atoms with E-state index in [2.05, 4.69) is 24.9 Å². The molecule has 178 valence electrons. The third-order valence-electron chi connectivity index (χ3n) is 5.75. The van der Waals surface area contributed by atoms with Crippen molar-refractivity contribution in [2.45, 2.75) is 19.6 Å². The number of rotatable bonds is 8. The molecule has 1 atom stereocenters. The number of hydrogen-bond acceptors (Lipinski definition) is 9. The Labute approximate surface area is 206 Å². The minimum Gasteiger partial charge on any atom is -0.491 e. The Kier molecular flexibility index (Phi) is 7.07. The van der Waals surface area contributed by atoms with E-state index in [0.717, 1.165) is 52.7 Å². The normalized spacial score (nSPS) is 16.2. The molecule has 0 aliphatic carbocycles. The Morgan fingerprint density at radius 1 is 1.12 bits per heavy atom. The predicted molar refractivity (Wildman–Crippen MR) is 132 cm³/mol. The van der Waals surface area contributed by atoms with Gasteiger partial charge in [0.1, 0.15) is 18.5 Å². The number of aryl methyl sites for hydroxylation is 1. The molecule has 1 aliphatic rings. The van der Waals surface area contributed by atoms with Crippen LogP contribution in [0.5, 0.6) is 5.75 Å². The van der Waals surface area contributed by atoms with Crippen LogP contribution in [0.3, 0.4) is 0 Å². The predicted octanol–water partition coefficient (Wildman–Crippen LogP) is 3.87. The van der Waals surface area contributed by atoms with Crippen LogP contribution in [-0.4, -0.2) is 75.5 Å². The maximum absolute atomic E-state index is 10.5. The van der Waals surface area contributed by atoms with Gasteiger partial charge in [0.15, 0.2) is 5.82 Å². The summed E-state index contributed by atoms with van der Waals surface area (Å²) in [6.07, 6.45) is -0.553. The molecule has 1 N–H and O–H groups in total. The molecule has 0 spiro atoms. The molecular weight excluding hydrogens is 474 g/mol. The minimum atomic E-state index is -0.553. The Balaban J connectivity index is 1.06. The third kappa shape index (κ3) is 5.73. The summed E-state index contributed by atoms with van der Waals surface area (Å²) in [7, 11) is 0. The SMILES string of the molecule is Cc1nc2ccc(OC[C@H](O)CN3CCN(Cc4noc(-c5cccc(Cl)c5)n4)CC3)cc2s1. The molecule has 34 heavy (non-hydrogen) atoms. The van der Waals surface area contributed by atoms with Gasteiger partial charge in [0.2, 0.25) is 0 Å². The molecule has 4 aromatic rings. The highest BCUT2D eigenvalue weighted by Gasteiger charge is 2.21. The molecule has 8 nitrogen and oxygen atoms in total. The van der Waals surface area contributed by atoms with E-state index in [1.54, 1.807) is 11.3 Å². The number of aliphatic hydroxyl groups excluding tert-OH is 1. The highest BCUT2D eigenvalue weighted by atomic mass is 35.5. The smallest absolute Gasteiger partial charge is 0.258 e. The van der Waals surface area contributed by atoms with Crippen LogP contribution >= 0.6 is 22.9 Å². The molecule has 0 saturated carbocycles. The summed E-state index contributed by atoms with van der Waals surface area (Å²) < 4.78 is 12.3. The number of aliphatic hydroxyl groups is 1. The van der Waals surface area contributed by atoms with Crippen molar-refractivity contribution in [3.05, 3.63) is 58.3 Å². The van der Waals surface area contributed by atoms with E-state index in [4.69, 9.17) is 20.9 Å². The molecule has 0 bridgehead atoms. The molecule has 1 aliphatic heterocycles. The molecule has 1 fully saturated rings. The maximum Gasteiger partial charge on any atom is 0.258 e. The van der Waals surface area contributed by atoms with Crippen LogP contribution < -0.4 is 4.74 Å². The van der Waals surface area contributed by atoms with Crippen LogP contribution in [0.2, 0.25) is 5.02 Å². The summed E-state index contributed by atoms with van der Waals surface area (Å²) in [4.78, 5) is 13.5. The molecule has 5 rings (SSSR count). The molecule has 3 heterocycles. The van der Waals surface area contributed by atoms with Crippen molar-refractivity contribution in [3.8, 4) is 17.2 Å². The fourth-order valence-corrected chi connectivity index (χ4v) is 5.09. The standard InChI is InChI=1S/C24H26ClN5O3S/c1-16-26-21-6-5-20(12-22(21)34-16)32-15-19(31)13-29-7-9-30(10-8-29)14-23-27-24(33-28-23)17-3-2-4-18(25)11-17/h2-6,11-12,19,31H,7-10,13-15H2,1H3/t19-/m1/s1. The Hall–Kier alpha value is -2.56. The van der Waals surface area contributed by atoms with E-state index < -0.39 is 6.10 Å². The highest BCUT2D eigenvalue weighted by Crippen LogP contribution is 2.26. The molecule has 0 unspecified atom stereocenters. The van der Waals surface area contributed by atoms with E-state index in [1.807, 2.05) is 49.4 Å². The Bertz CT molecular complexity index is 1250. The lowest BCUT2D eigenvalue weighted by Crippen LogP contribution is -2.48. The summed E-state index contributed by atoms with van der Waals surface area (Å²) in [5.41, 5.74) is 1.80. The second kappa shape index (κ2) is 10.4. The number of hydrogen-bond donors (Lipinski definition) is 1. The number of nitrogens with zero attached hydrogens (tertiary/aromatic N) is 5. The largest absolute Gasteiger partial charge is 0.491 e. The number of halogens is 1. The van der Waals surface area contributed by atoms with Crippen molar-refractivity contribution >= 4 is 33.2 Å². The van der Waals surface area contributed by atoms with Gasteiger partial charge in [-0.15, -0.1) is 11.3 Å². The summed E-state index contributed by atoms with van der Waals surface area (Å²) >= 11 is 7.69. The summed E-state index contributed by atoms with van der Waals surface area (Å²) in [5.74, 6) is 1.89. The van der Waals surface area contributed by atoms with E-state index >= 15 is 0 Å². The number of thiazole rings is 1. The van der Waals surface area contributed by atoms with Crippen LogP contribution in [0.15, 0.2) is 47.0 Å². The van der Waals surface area contributed by atoms with Gasteiger partial charge in [-0.2, -0.15) is 4.98 Å². The van der Waals surface area contributed by atoms with Gasteiger partial charge in [0.25, 0.3) is 5.89 Å². The van der Waals surface area contributed by atoms with Crippen molar-refractivity contribution in [1.29, 1.82) is 0 Å². The first-order chi connectivity index (χ1) is 16.5. The van der Waals surface area contributed by atoms with Crippen molar-refractivity contribution in [2.75, 3.05) is 39.3 Å². The number of ether oxygens (including phenoxy) is 1. The van der Waals surface area contributed by atoms with Gasteiger partial charge in [-0.1, -0.05) is 22.8 Å². The topological polar surface area (TPSA) is 87.8 Å². The van der Waals surface area contributed by atoms with Gasteiger partial charge >= 0.3 is 0 Å². The summed E-state index contributed by atoms with van der Waals surface area (Å²) in [5, 5.41) is 16.3. The zero-order chi connectivity index (χ0) is 23.5. The van der Waals surface area contributed by atoms with Crippen LogP contribution in [0, 0.1) is 6.92 Å². The third-order valence-corrected chi connectivity index (χ3v) is 6.92. The van der Waals surface area contributed by atoms with Gasteiger partial charge in [-0.05, 0) is 43.3 Å². The minimum absolute atomic E-state index is 0.263. The highest BCUT2D eigenvalue weighted by molar-refractivity contribution is 7.18. The van der Waals surface area contributed by atoms with E-state index in [9.17, 15) is 5.11 Å². The van der Waals surface area contributed by atoms with Crippen LogP contribution in [0.25, 0.3) is 21.7 Å². The van der Waals surface area contributed by atoms with Crippen LogP contribution in [0.4, 0.5) is 0 Å². The average Bonchev–Trinajstić information content (AvgIpc) is 3.44. The molecule has 2 aromatic heterocycles. The average molecular weight is 500 g/mol. The van der Waals surface area contributed by atoms with E-state index in [0.29, 0.717) is 29.8 Å². The van der Waals surface area contributed by atoms with Gasteiger partial charge < -0.3 is 14.4 Å². The van der Waals surface area contributed by atoms with Crippen LogP contribution in [-0.2, 0) is 6.54 Å². The lowest BCUT2D eigenvalue weighted by molar-refractivity contribution is 0.0440. The molecule has 2 aromatic carbocycles. The van der Waals surface area contributed by atoms with Gasteiger partial charge in [-0.3, -0.25) is 9.80 Å². The molecular formula is C24H26ClN5O3S. The number of benzene rings is 2. The van der Waals surface area contributed by atoms with Gasteiger partial charge in [0.05, 0.1) is 21.8 Å². The van der Waals surface area contributed by atoms with Crippen molar-refractivity contribution in [3.63, 3.8) is 0 Å². The lowest BCUT2D eigenvalue weighted by Gasteiger charge is -2.34. The van der Waals surface area contributed by atoms with E-state index in [1.165, 1.54) is 0 Å². The monoisotopic (exact) mass is 499 g/mol. The fourth-order valence-electron chi connectivity index (χ4n) is 4.04. The lowest BCUT2D eigenvalue weighted by atomic mass is 10.2. The molecule has 0 amide bonds. The fraction of sp³-hybridized carbons (Fsp3) is 0.375. The Morgan fingerprint density at radius 3 is 2.76 bits per heavy atom. The summed E-state index contributed by atoms with van der Waals surface area (Å²) in [6.45, 7) is 6.93. The zero-order valence-corrected chi connectivity index (χ0v) is 20.4. The first-order valence-corrected chi connectivity index (χ1v) is 12.4. The second-order valence-corrected chi connectivity index (χ2v) is 10.1. The first-order valence-electron chi connectivity index (χ1n) is 11.2. The molecule has 10 heteroatoms. The Morgan fingerprint density at radius 2 is 1.94 bits per heavy atom. The number of fused-ring (bicyclic) bond motifs is 1. The molecule has 0 radical (unpaired) electrons. The zero-order valence-electron chi connectivity index (χ0n) is 18.9. The maximum atomic E-state index is 10.5. The number of β-amino-alcohol motifs (C(OH)–C–C–N with tert-alkyl or cyclic N) is 1. The van der Waals surface area contributed by atoms with Crippen molar-refractivity contribution < 1.29 is 14.4 Å². The second-order valence-electron chi connectivity index (χ2n) is 8.43. The van der Waals surface area contributed by atoms with E-state index in [-0.39, 0.29) is 6.61 Å². The number of piperazine rings is 1. The quantitative estimate of drug-likeness (QED) is 0.391.